The predicted molar refractivity (Wildman–Crippen MR) is 61.6 cm³/mol. The van der Waals surface area contributed by atoms with Crippen LogP contribution in [0.1, 0.15) is 13.2 Å². The van der Waals surface area contributed by atoms with Crippen LogP contribution in [0.5, 0.6) is 0 Å². The van der Waals surface area contributed by atoms with Crippen molar-refractivity contribution in [1.82, 2.24) is 4.57 Å². The Morgan fingerprint density at radius 3 is 3.06 bits per heavy atom. The zero-order chi connectivity index (χ0) is 11.4. The van der Waals surface area contributed by atoms with Crippen molar-refractivity contribution in [2.24, 2.45) is 0 Å². The lowest BCUT2D eigenvalue weighted by Crippen LogP contribution is -2.09. The van der Waals surface area contributed by atoms with E-state index in [1.165, 1.54) is 0 Å². The smallest absolute Gasteiger partial charge is 0.150 e. The van der Waals surface area contributed by atoms with Crippen LogP contribution < -0.4 is 0 Å². The molecule has 0 aliphatic carbocycles. The second-order valence-corrected chi connectivity index (χ2v) is 3.39. The molecule has 2 rings (SSSR count). The van der Waals surface area contributed by atoms with E-state index in [0.717, 1.165) is 11.5 Å². The van der Waals surface area contributed by atoms with Gasteiger partial charge in [0.1, 0.15) is 18.6 Å². The van der Waals surface area contributed by atoms with Crippen LogP contribution in [0.4, 0.5) is 0 Å². The van der Waals surface area contributed by atoms with Gasteiger partial charge in [-0.2, -0.15) is 0 Å². The molecular formula is C13H13NO2. The highest BCUT2D eigenvalue weighted by Crippen LogP contribution is 2.24. The monoisotopic (exact) mass is 215 g/mol. The SMILES string of the molecule is C#CCO[C@H](C)n1cccc1-c1ccco1. The van der Waals surface area contributed by atoms with Gasteiger partial charge in [0.2, 0.25) is 0 Å². The molecule has 0 aromatic carbocycles. The van der Waals surface area contributed by atoms with Crippen molar-refractivity contribution in [1.29, 1.82) is 0 Å². The topological polar surface area (TPSA) is 27.3 Å². The third kappa shape index (κ3) is 2.02. The Morgan fingerprint density at radius 2 is 2.38 bits per heavy atom. The molecule has 1 atom stereocenters. The number of hydrogen-bond acceptors (Lipinski definition) is 2. The van der Waals surface area contributed by atoms with Crippen molar-refractivity contribution < 1.29 is 9.15 Å². The molecule has 0 fully saturated rings. The van der Waals surface area contributed by atoms with E-state index < -0.39 is 0 Å². The van der Waals surface area contributed by atoms with Gasteiger partial charge in [-0.15, -0.1) is 6.42 Å². The van der Waals surface area contributed by atoms with Gasteiger partial charge >= 0.3 is 0 Å². The Kier molecular flexibility index (Phi) is 3.13. The first-order valence-electron chi connectivity index (χ1n) is 5.08. The predicted octanol–water partition coefficient (Wildman–Crippen LogP) is 2.92. The van der Waals surface area contributed by atoms with Crippen LogP contribution in [0, 0.1) is 12.3 Å². The first kappa shape index (κ1) is 10.6. The maximum absolute atomic E-state index is 5.46. The van der Waals surface area contributed by atoms with Crippen LogP contribution in [0.15, 0.2) is 41.1 Å². The normalized spacial score (nSPS) is 12.2. The van der Waals surface area contributed by atoms with Crippen molar-refractivity contribution in [3.05, 3.63) is 36.7 Å². The van der Waals surface area contributed by atoms with E-state index in [9.17, 15) is 0 Å². The number of aromatic nitrogens is 1. The fourth-order valence-corrected chi connectivity index (χ4v) is 1.59. The zero-order valence-corrected chi connectivity index (χ0v) is 9.09. The molecule has 0 saturated heterocycles. The Bertz CT molecular complexity index is 476. The maximum atomic E-state index is 5.46. The van der Waals surface area contributed by atoms with Gasteiger partial charge in [0.15, 0.2) is 0 Å². The molecule has 0 aliphatic heterocycles. The van der Waals surface area contributed by atoms with E-state index in [-0.39, 0.29) is 6.23 Å². The van der Waals surface area contributed by atoms with E-state index in [2.05, 4.69) is 5.92 Å². The zero-order valence-electron chi connectivity index (χ0n) is 9.09. The summed E-state index contributed by atoms with van der Waals surface area (Å²) in [6, 6.07) is 7.71. The Balaban J connectivity index is 2.23. The molecule has 3 nitrogen and oxygen atoms in total. The maximum Gasteiger partial charge on any atom is 0.150 e. The van der Waals surface area contributed by atoms with Gasteiger partial charge in [0.25, 0.3) is 0 Å². The summed E-state index contributed by atoms with van der Waals surface area (Å²) < 4.78 is 12.8. The van der Waals surface area contributed by atoms with Gasteiger partial charge < -0.3 is 13.7 Å². The number of furan rings is 1. The van der Waals surface area contributed by atoms with Gasteiger partial charge in [0.05, 0.1) is 12.0 Å². The highest BCUT2D eigenvalue weighted by atomic mass is 16.5. The molecule has 0 radical (unpaired) electrons. The highest BCUT2D eigenvalue weighted by molar-refractivity contribution is 5.52. The molecule has 0 amide bonds. The second-order valence-electron chi connectivity index (χ2n) is 3.39. The molecule has 82 valence electrons. The standard InChI is InChI=1S/C13H13NO2/c1-3-9-15-11(2)14-8-4-6-12(14)13-7-5-10-16-13/h1,4-8,10-11H,9H2,2H3/t11-/m1/s1. The van der Waals surface area contributed by atoms with Crippen LogP contribution in [0.2, 0.25) is 0 Å². The van der Waals surface area contributed by atoms with E-state index in [1.807, 2.05) is 42.0 Å². The quantitative estimate of drug-likeness (QED) is 0.733. The van der Waals surface area contributed by atoms with E-state index >= 15 is 0 Å². The number of ether oxygens (including phenoxy) is 1. The summed E-state index contributed by atoms with van der Waals surface area (Å²) in [5.74, 6) is 3.28. The largest absolute Gasteiger partial charge is 0.463 e. The molecule has 2 aromatic rings. The number of hydrogen-bond donors (Lipinski definition) is 0. The number of nitrogens with zero attached hydrogens (tertiary/aromatic N) is 1. The summed E-state index contributed by atoms with van der Waals surface area (Å²) in [5, 5.41) is 0. The van der Waals surface area contributed by atoms with Gasteiger partial charge in [-0.3, -0.25) is 0 Å². The lowest BCUT2D eigenvalue weighted by molar-refractivity contribution is 0.0394. The average Bonchev–Trinajstić information content (AvgIpc) is 2.94. The van der Waals surface area contributed by atoms with Gasteiger partial charge in [-0.25, -0.2) is 0 Å². The van der Waals surface area contributed by atoms with Crippen molar-refractivity contribution in [2.45, 2.75) is 13.2 Å². The third-order valence-electron chi connectivity index (χ3n) is 2.35. The van der Waals surface area contributed by atoms with Crippen LogP contribution in [-0.4, -0.2) is 11.2 Å². The molecular weight excluding hydrogens is 202 g/mol. The van der Waals surface area contributed by atoms with Crippen molar-refractivity contribution >= 4 is 0 Å². The molecule has 3 heteroatoms. The molecule has 0 N–H and O–H groups in total. The van der Waals surface area contributed by atoms with Crippen molar-refractivity contribution in [3.63, 3.8) is 0 Å². The minimum atomic E-state index is -0.105. The minimum absolute atomic E-state index is 0.105. The molecule has 0 aliphatic rings. The lowest BCUT2D eigenvalue weighted by atomic mass is 10.3. The second kappa shape index (κ2) is 4.73. The van der Waals surface area contributed by atoms with Crippen LogP contribution in [0.25, 0.3) is 11.5 Å². The first-order valence-corrected chi connectivity index (χ1v) is 5.08. The van der Waals surface area contributed by atoms with Gasteiger partial charge in [-0.1, -0.05) is 5.92 Å². The van der Waals surface area contributed by atoms with Crippen LogP contribution in [-0.2, 0) is 4.74 Å². The highest BCUT2D eigenvalue weighted by Gasteiger charge is 2.11. The molecule has 2 aromatic heterocycles. The molecule has 16 heavy (non-hydrogen) atoms. The fraction of sp³-hybridized carbons (Fsp3) is 0.231. The fourth-order valence-electron chi connectivity index (χ4n) is 1.59. The molecule has 0 unspecified atom stereocenters. The Morgan fingerprint density at radius 1 is 1.50 bits per heavy atom. The van der Waals surface area contributed by atoms with Crippen molar-refractivity contribution in [2.75, 3.05) is 6.61 Å². The summed E-state index contributed by atoms with van der Waals surface area (Å²) in [4.78, 5) is 0. The average molecular weight is 215 g/mol. The minimum Gasteiger partial charge on any atom is -0.463 e. The summed E-state index contributed by atoms with van der Waals surface area (Å²) in [7, 11) is 0. The summed E-state index contributed by atoms with van der Waals surface area (Å²) >= 11 is 0. The van der Waals surface area contributed by atoms with E-state index in [1.54, 1.807) is 6.26 Å². The molecule has 0 bridgehead atoms. The number of rotatable bonds is 4. The molecule has 0 saturated carbocycles. The summed E-state index contributed by atoms with van der Waals surface area (Å²) in [5.41, 5.74) is 0.981. The summed E-state index contributed by atoms with van der Waals surface area (Å²) in [6.07, 6.45) is 8.65. The lowest BCUT2D eigenvalue weighted by Gasteiger charge is -2.15. The van der Waals surface area contributed by atoms with Gasteiger partial charge in [0, 0.05) is 6.20 Å². The van der Waals surface area contributed by atoms with E-state index in [4.69, 9.17) is 15.6 Å². The van der Waals surface area contributed by atoms with Gasteiger partial charge in [-0.05, 0) is 31.2 Å². The molecule has 0 spiro atoms. The first-order chi connectivity index (χ1) is 7.83. The number of terminal acetylenes is 1. The van der Waals surface area contributed by atoms with Crippen molar-refractivity contribution in [3.8, 4) is 23.8 Å². The third-order valence-corrected chi connectivity index (χ3v) is 2.35. The Hall–Kier alpha value is -1.92. The molecule has 2 heterocycles. The van der Waals surface area contributed by atoms with Crippen LogP contribution >= 0.6 is 0 Å². The van der Waals surface area contributed by atoms with Crippen LogP contribution in [0.3, 0.4) is 0 Å². The van der Waals surface area contributed by atoms with E-state index in [0.29, 0.717) is 6.61 Å². The Labute approximate surface area is 94.6 Å². The summed E-state index contributed by atoms with van der Waals surface area (Å²) in [6.45, 7) is 2.25.